The van der Waals surface area contributed by atoms with Crippen molar-refractivity contribution in [3.05, 3.63) is 71.4 Å². The average Bonchev–Trinajstić information content (AvgIpc) is 3.13. The summed E-state index contributed by atoms with van der Waals surface area (Å²) in [6.07, 6.45) is 2.79. The summed E-state index contributed by atoms with van der Waals surface area (Å²) in [5.41, 5.74) is 4.11. The Balaban J connectivity index is 1.35. The van der Waals surface area contributed by atoms with Gasteiger partial charge in [-0.2, -0.15) is 5.10 Å². The van der Waals surface area contributed by atoms with Gasteiger partial charge in [-0.3, -0.25) is 9.59 Å². The molecule has 0 saturated heterocycles. The Morgan fingerprint density at radius 3 is 2.97 bits per heavy atom. The highest BCUT2D eigenvalue weighted by Gasteiger charge is 2.15. The van der Waals surface area contributed by atoms with Crippen LogP contribution in [0.15, 0.2) is 54.7 Å². The lowest BCUT2D eigenvalue weighted by atomic mass is 10.0. The second-order valence-electron chi connectivity index (χ2n) is 7.07. The van der Waals surface area contributed by atoms with E-state index < -0.39 is 0 Å². The molecule has 0 atom stereocenters. The highest BCUT2D eigenvalue weighted by atomic mass is 16.5. The van der Waals surface area contributed by atoms with Crippen LogP contribution in [0.2, 0.25) is 0 Å². The van der Waals surface area contributed by atoms with Gasteiger partial charge < -0.3 is 15.4 Å². The summed E-state index contributed by atoms with van der Waals surface area (Å²) in [6.45, 7) is 2.50. The van der Waals surface area contributed by atoms with Crippen LogP contribution < -0.4 is 15.4 Å². The minimum atomic E-state index is -0.262. The molecule has 1 aliphatic rings. The zero-order valence-electron chi connectivity index (χ0n) is 16.1. The Bertz CT molecular complexity index is 1060. The number of amides is 2. The van der Waals surface area contributed by atoms with Crippen molar-refractivity contribution in [2.24, 2.45) is 0 Å². The highest BCUT2D eigenvalue weighted by Crippen LogP contribution is 2.26. The topological polar surface area (TPSA) is 85.2 Å². The van der Waals surface area contributed by atoms with Gasteiger partial charge in [0.05, 0.1) is 12.7 Å². The number of fused-ring (bicyclic) bond motifs is 1. The Morgan fingerprint density at radius 2 is 2.10 bits per heavy atom. The predicted octanol–water partition coefficient (Wildman–Crippen LogP) is 3.14. The maximum Gasteiger partial charge on any atom is 0.263 e. The lowest BCUT2D eigenvalue weighted by Crippen LogP contribution is -2.22. The van der Waals surface area contributed by atoms with Gasteiger partial charge in [-0.15, -0.1) is 0 Å². The van der Waals surface area contributed by atoms with Crippen molar-refractivity contribution in [1.82, 2.24) is 9.78 Å². The fourth-order valence-corrected chi connectivity index (χ4v) is 3.33. The lowest BCUT2D eigenvalue weighted by molar-refractivity contribution is -0.118. The van der Waals surface area contributed by atoms with Gasteiger partial charge in [0.25, 0.3) is 5.91 Å². The molecule has 0 aliphatic carbocycles. The van der Waals surface area contributed by atoms with Crippen LogP contribution in [-0.4, -0.2) is 28.2 Å². The summed E-state index contributed by atoms with van der Waals surface area (Å²) in [7, 11) is 0. The van der Waals surface area contributed by atoms with E-state index >= 15 is 0 Å². The summed E-state index contributed by atoms with van der Waals surface area (Å²) in [5, 5.41) is 9.96. The van der Waals surface area contributed by atoms with E-state index in [0.29, 0.717) is 31.0 Å². The standard InChI is InChI=1S/C22H22N4O3/c1-15-3-2-4-16(11-15)13-26-20(9-10-23-26)25-22(28)14-29-18-6-7-19-17(12-18)5-8-21(27)24-19/h2-4,6-7,9-12H,5,8,13-14H2,1H3,(H,24,27)(H,25,28). The molecule has 29 heavy (non-hydrogen) atoms. The summed E-state index contributed by atoms with van der Waals surface area (Å²) in [5.74, 6) is 0.978. The van der Waals surface area contributed by atoms with E-state index in [1.54, 1.807) is 29.1 Å². The number of carbonyl (C=O) groups is 2. The van der Waals surface area contributed by atoms with E-state index in [4.69, 9.17) is 4.74 Å². The molecule has 4 rings (SSSR count). The first kappa shape index (κ1) is 18.7. The van der Waals surface area contributed by atoms with Gasteiger partial charge >= 0.3 is 0 Å². The normalized spacial score (nSPS) is 12.8. The summed E-state index contributed by atoms with van der Waals surface area (Å²) < 4.78 is 7.37. The van der Waals surface area contributed by atoms with Crippen molar-refractivity contribution in [2.45, 2.75) is 26.3 Å². The van der Waals surface area contributed by atoms with Crippen LogP contribution in [-0.2, 0) is 22.6 Å². The lowest BCUT2D eigenvalue weighted by Gasteiger charge is -2.17. The van der Waals surface area contributed by atoms with Crippen molar-refractivity contribution in [1.29, 1.82) is 0 Å². The average molecular weight is 390 g/mol. The van der Waals surface area contributed by atoms with Crippen molar-refractivity contribution < 1.29 is 14.3 Å². The monoisotopic (exact) mass is 390 g/mol. The third-order valence-electron chi connectivity index (χ3n) is 4.74. The van der Waals surface area contributed by atoms with Gasteiger partial charge in [0.15, 0.2) is 6.61 Å². The van der Waals surface area contributed by atoms with E-state index in [1.807, 2.05) is 31.2 Å². The first-order valence-electron chi connectivity index (χ1n) is 9.49. The van der Waals surface area contributed by atoms with Crippen LogP contribution in [0, 0.1) is 6.92 Å². The van der Waals surface area contributed by atoms with Crippen molar-refractivity contribution in [3.8, 4) is 5.75 Å². The maximum atomic E-state index is 12.3. The van der Waals surface area contributed by atoms with Crippen molar-refractivity contribution >= 4 is 23.3 Å². The molecule has 0 unspecified atom stereocenters. The van der Waals surface area contributed by atoms with Crippen LogP contribution in [0.3, 0.4) is 0 Å². The second-order valence-corrected chi connectivity index (χ2v) is 7.07. The van der Waals surface area contributed by atoms with E-state index in [0.717, 1.165) is 16.8 Å². The number of nitrogens with one attached hydrogen (secondary N) is 2. The van der Waals surface area contributed by atoms with Gasteiger partial charge in [-0.25, -0.2) is 4.68 Å². The Labute approximate surface area is 168 Å². The molecule has 2 aromatic carbocycles. The van der Waals surface area contributed by atoms with E-state index in [9.17, 15) is 9.59 Å². The molecular weight excluding hydrogens is 368 g/mol. The number of anilines is 2. The number of hydrogen-bond acceptors (Lipinski definition) is 4. The Hall–Kier alpha value is -3.61. The number of benzene rings is 2. The van der Waals surface area contributed by atoms with Crippen molar-refractivity contribution in [2.75, 3.05) is 17.2 Å². The van der Waals surface area contributed by atoms with Crippen LogP contribution >= 0.6 is 0 Å². The molecule has 1 aliphatic heterocycles. The Morgan fingerprint density at radius 1 is 1.21 bits per heavy atom. The molecule has 0 fully saturated rings. The molecule has 0 radical (unpaired) electrons. The van der Waals surface area contributed by atoms with Crippen LogP contribution in [0.1, 0.15) is 23.1 Å². The molecule has 0 saturated carbocycles. The maximum absolute atomic E-state index is 12.3. The van der Waals surface area contributed by atoms with Crippen LogP contribution in [0.4, 0.5) is 11.5 Å². The van der Waals surface area contributed by atoms with Crippen LogP contribution in [0.5, 0.6) is 5.75 Å². The molecule has 148 valence electrons. The minimum Gasteiger partial charge on any atom is -0.484 e. The number of hydrogen-bond donors (Lipinski definition) is 2. The first-order valence-corrected chi connectivity index (χ1v) is 9.49. The third kappa shape index (κ3) is 4.63. The molecule has 7 nitrogen and oxygen atoms in total. The number of aryl methyl sites for hydroxylation is 2. The molecule has 0 spiro atoms. The number of nitrogens with zero attached hydrogens (tertiary/aromatic N) is 2. The molecular formula is C22H22N4O3. The molecule has 1 aromatic heterocycles. The second kappa shape index (κ2) is 8.18. The number of ether oxygens (including phenoxy) is 1. The molecule has 2 heterocycles. The van der Waals surface area contributed by atoms with Gasteiger partial charge in [-0.05, 0) is 42.7 Å². The zero-order valence-corrected chi connectivity index (χ0v) is 16.1. The largest absolute Gasteiger partial charge is 0.484 e. The number of rotatable bonds is 6. The number of carbonyl (C=O) groups excluding carboxylic acids is 2. The molecule has 2 N–H and O–H groups in total. The summed E-state index contributed by atoms with van der Waals surface area (Å²) in [6, 6.07) is 15.3. The van der Waals surface area contributed by atoms with Gasteiger partial charge in [0, 0.05) is 18.2 Å². The minimum absolute atomic E-state index is 0.0211. The summed E-state index contributed by atoms with van der Waals surface area (Å²) >= 11 is 0. The third-order valence-corrected chi connectivity index (χ3v) is 4.74. The fraction of sp³-hybridized carbons (Fsp3) is 0.227. The van der Waals surface area contributed by atoms with Crippen LogP contribution in [0.25, 0.3) is 0 Å². The predicted molar refractivity (Wildman–Crippen MR) is 110 cm³/mol. The van der Waals surface area contributed by atoms with E-state index in [-0.39, 0.29) is 18.4 Å². The molecule has 0 bridgehead atoms. The van der Waals surface area contributed by atoms with Gasteiger partial charge in [0.1, 0.15) is 11.6 Å². The Kier molecular flexibility index (Phi) is 5.29. The molecule has 2 amide bonds. The van der Waals surface area contributed by atoms with Gasteiger partial charge in [-0.1, -0.05) is 29.8 Å². The van der Waals surface area contributed by atoms with E-state index in [1.165, 1.54) is 5.56 Å². The number of aromatic nitrogens is 2. The SMILES string of the molecule is Cc1cccc(Cn2nccc2NC(=O)COc2ccc3c(c2)CCC(=O)N3)c1. The fourth-order valence-electron chi connectivity index (χ4n) is 3.33. The van der Waals surface area contributed by atoms with E-state index in [2.05, 4.69) is 21.8 Å². The molecule has 7 heteroatoms. The zero-order chi connectivity index (χ0) is 20.2. The van der Waals surface area contributed by atoms with Gasteiger partial charge in [0.2, 0.25) is 5.91 Å². The first-order chi connectivity index (χ1) is 14.1. The quantitative estimate of drug-likeness (QED) is 0.677. The smallest absolute Gasteiger partial charge is 0.263 e. The highest BCUT2D eigenvalue weighted by molar-refractivity contribution is 5.94. The molecule has 3 aromatic rings. The summed E-state index contributed by atoms with van der Waals surface area (Å²) in [4.78, 5) is 23.8. The van der Waals surface area contributed by atoms with Crippen molar-refractivity contribution in [3.63, 3.8) is 0 Å².